The number of nitro benzene ring substituents is 4. The number of piperidine rings is 2. The Balaban J connectivity index is 0.000000388. The van der Waals surface area contributed by atoms with E-state index in [1.807, 2.05) is 55.6 Å². The zero-order valence-corrected chi connectivity index (χ0v) is 70.5. The van der Waals surface area contributed by atoms with Crippen molar-refractivity contribution >= 4 is 58.6 Å². The number of nitro groups is 4. The molecule has 26 nitrogen and oxygen atoms in total. The zero-order valence-electron chi connectivity index (χ0n) is 65.6. The van der Waals surface area contributed by atoms with Crippen molar-refractivity contribution in [2.24, 2.45) is 0 Å². The number of hydrogen-bond donors (Lipinski definition) is 0. The van der Waals surface area contributed by atoms with E-state index in [2.05, 4.69) is 84.6 Å². The molecule has 8 aromatic carbocycles. The predicted octanol–water partition coefficient (Wildman–Crippen LogP) is 6.93. The van der Waals surface area contributed by atoms with Gasteiger partial charge in [0, 0.05) is 101 Å². The molecule has 2 fully saturated rings. The fourth-order valence-corrected chi connectivity index (χ4v) is 14.3. The van der Waals surface area contributed by atoms with E-state index in [0.29, 0.717) is 61.1 Å². The van der Waals surface area contributed by atoms with Gasteiger partial charge in [-0.3, -0.25) is 49.6 Å². The van der Waals surface area contributed by atoms with Crippen molar-refractivity contribution in [1.29, 1.82) is 0 Å². The molecule has 31 heteroatoms. The molecule has 606 valence electrons. The fraction of sp³-hybridized carbons (Fsp3) is 0.373. The van der Waals surface area contributed by atoms with E-state index in [9.17, 15) is 69.1 Å². The molecule has 0 aromatic heterocycles. The summed E-state index contributed by atoms with van der Waals surface area (Å²) in [6.45, 7) is 10.2. The molecular weight excluding hydrogens is 1630 g/mol. The Morgan fingerprint density at radius 1 is 0.430 bits per heavy atom. The topological polar surface area (TPSA) is 310 Å². The quantitative estimate of drug-likeness (QED) is 0.00568. The second-order valence-corrected chi connectivity index (χ2v) is 28.6. The Bertz CT molecular complexity index is 4290. The summed E-state index contributed by atoms with van der Waals surface area (Å²) in [5.41, 5.74) is 10.9. The molecule has 114 heavy (non-hydrogen) atoms. The summed E-state index contributed by atoms with van der Waals surface area (Å²) in [7, 11) is 3.09. The van der Waals surface area contributed by atoms with E-state index in [1.54, 1.807) is 36.4 Å². The maximum absolute atomic E-state index is 12.5. The molecule has 0 radical (unpaired) electrons. The van der Waals surface area contributed by atoms with Gasteiger partial charge in [-0.2, -0.15) is 0 Å². The first-order valence-electron chi connectivity index (χ1n) is 37.5. The predicted molar refractivity (Wildman–Crippen MR) is 415 cm³/mol. The largest absolute Gasteiger partial charge is 1.00 e. The van der Waals surface area contributed by atoms with Gasteiger partial charge < -0.3 is 85.5 Å². The van der Waals surface area contributed by atoms with Crippen molar-refractivity contribution in [3.8, 4) is 22.3 Å². The Morgan fingerprint density at radius 3 is 1.03 bits per heavy atom. The molecular formula is C83H99Br2ClFN8NaO18+2. The molecule has 0 N–H and O–H groups in total. The minimum atomic E-state index is -1.00. The Labute approximate surface area is 713 Å². The maximum Gasteiger partial charge on any atom is 1.00 e. The number of ether oxygens (including phenoxy) is 5. The molecule has 0 bridgehead atoms. The zero-order chi connectivity index (χ0) is 80.8. The second-order valence-electron chi connectivity index (χ2n) is 28.4. The van der Waals surface area contributed by atoms with Gasteiger partial charge in [0.05, 0.1) is 88.0 Å². The summed E-state index contributed by atoms with van der Waals surface area (Å²) in [6.07, 6.45) is 6.59. The second kappa shape index (κ2) is 50.3. The van der Waals surface area contributed by atoms with Crippen LogP contribution in [0.1, 0.15) is 99.0 Å². The number of carbonyl (C=O) groups is 4. The summed E-state index contributed by atoms with van der Waals surface area (Å²) >= 11 is 5.40. The van der Waals surface area contributed by atoms with Gasteiger partial charge in [-0.25, -0.2) is 9.59 Å². The number of alkyl halides is 2. The van der Waals surface area contributed by atoms with E-state index in [4.69, 9.17) is 31.9 Å². The number of hydrogen-bond acceptors (Lipinski definition) is 18. The number of rotatable bonds is 35. The third kappa shape index (κ3) is 33.7. The molecule has 8 aromatic rings. The third-order valence-electron chi connectivity index (χ3n) is 19.8. The van der Waals surface area contributed by atoms with E-state index in [0.717, 1.165) is 149 Å². The van der Waals surface area contributed by atoms with Crippen LogP contribution in [0.15, 0.2) is 206 Å². The van der Waals surface area contributed by atoms with Crippen LogP contribution in [0.4, 0.5) is 36.7 Å². The number of likely N-dealkylation sites (tertiary alicyclic amines) is 2. The summed E-state index contributed by atoms with van der Waals surface area (Å²) in [5.74, 6) is -1.47. The molecule has 2 heterocycles. The average Bonchev–Trinajstić information content (AvgIpc) is 0.839. The fourth-order valence-electron chi connectivity index (χ4n) is 14.2. The normalized spacial score (nSPS) is 14.1. The number of nitrogens with zero attached hydrogens (tertiary/aromatic N) is 8. The van der Waals surface area contributed by atoms with Crippen LogP contribution in [0.2, 0.25) is 0 Å². The molecule has 0 aliphatic carbocycles. The number of carbonyl (C=O) groups excluding carboxylic acids is 4. The van der Waals surface area contributed by atoms with Gasteiger partial charge in [-0.1, -0.05) is 121 Å². The summed E-state index contributed by atoms with van der Waals surface area (Å²) in [4.78, 5) is 89.4. The molecule has 0 saturated carbocycles. The number of esters is 1. The van der Waals surface area contributed by atoms with Crippen molar-refractivity contribution < 1.29 is 155 Å². The number of benzene rings is 8. The molecule has 2 aliphatic heterocycles. The van der Waals surface area contributed by atoms with E-state index in [-0.39, 0.29) is 118 Å². The molecule has 10 rings (SSSR count). The monoisotopic (exact) mass is 1730 g/mol. The van der Waals surface area contributed by atoms with Crippen LogP contribution >= 0.6 is 11.6 Å². The van der Waals surface area contributed by atoms with Gasteiger partial charge in [-0.05, 0) is 116 Å². The number of quaternary nitrogens is 4. The molecule has 0 spiro atoms. The van der Waals surface area contributed by atoms with Crippen LogP contribution in [-0.4, -0.2) is 162 Å². The first kappa shape index (κ1) is 95.4. The van der Waals surface area contributed by atoms with Crippen LogP contribution in [-0.2, 0) is 72.5 Å². The molecule has 2 unspecified atom stereocenters. The van der Waals surface area contributed by atoms with Gasteiger partial charge in [0.15, 0.2) is 6.07 Å². The van der Waals surface area contributed by atoms with Crippen molar-refractivity contribution in [2.75, 3.05) is 99.7 Å². The van der Waals surface area contributed by atoms with Crippen molar-refractivity contribution in [1.82, 2.24) is 0 Å². The van der Waals surface area contributed by atoms with Gasteiger partial charge in [0.25, 0.3) is 22.7 Å². The number of likely N-dealkylation sites (N-methyl/N-ethyl adjacent to an activating group) is 2. The van der Waals surface area contributed by atoms with E-state index < -0.39 is 57.9 Å². The van der Waals surface area contributed by atoms with Crippen LogP contribution in [0, 0.1) is 40.5 Å². The number of non-ortho nitro benzene ring substituents is 4. The van der Waals surface area contributed by atoms with Crippen LogP contribution in [0.3, 0.4) is 0 Å². The van der Waals surface area contributed by atoms with Crippen LogP contribution in [0.25, 0.3) is 22.3 Å². The smallest absolute Gasteiger partial charge is 1.00 e. The number of halogens is 4. The van der Waals surface area contributed by atoms with Gasteiger partial charge in [-0.15, -0.1) is 0 Å². The van der Waals surface area contributed by atoms with Crippen molar-refractivity contribution in [3.63, 3.8) is 0 Å². The molecule has 2 atom stereocenters. The average molecular weight is 1730 g/mol. The third-order valence-corrected chi connectivity index (χ3v) is 19.9. The summed E-state index contributed by atoms with van der Waals surface area (Å²) in [5, 5.41) is 54.5. The van der Waals surface area contributed by atoms with Gasteiger partial charge in [0.1, 0.15) is 65.6 Å². The number of carboxylic acid groups (broad SMARTS) is 1. The summed E-state index contributed by atoms with van der Waals surface area (Å²) < 4.78 is 43.5. The van der Waals surface area contributed by atoms with E-state index in [1.165, 1.54) is 55.0 Å². The maximum atomic E-state index is 12.5. The minimum absolute atomic E-state index is 0. The van der Waals surface area contributed by atoms with Gasteiger partial charge >= 0.3 is 47.8 Å². The van der Waals surface area contributed by atoms with E-state index >= 15 is 0 Å². The van der Waals surface area contributed by atoms with Crippen LogP contribution < -0.4 is 68.6 Å². The standard InChI is InChI=1S/C41H48N4O9.C25H26ClN2O5.C16H22N2O4.CH3F.2BrH.Na/c1-44(30-34-14-20-38(21-15-34)42(48)49,29-33-12-18-37(19-13-33)36-9-4-2-5-10-36)27-28-52-41(47)54-32-53-40(46)11-8-26-45(24-6-3-7-25-45)31-35-16-22-39(23-17-35)43(50)51;1-28(15-16-32-25(29)33-19-26,18-21-9-13-24(14-10-21)27(30)31)17-20-7-11-23(12-8-20)22-5-3-2-4-6-22;19-16(20)5-4-12-18(10-2-1-3-11-18)13-14-6-8-15(9-7-14)17(21)22;1-2;;;/h2,4-5,9-10,12-23H,3,6-8,11,24-32H2,1H3;2-14H,15-19H2,1H3;6-9H,1-5,10-13H2;1H3;2*1H;/q+2;+1;;;;;+1/p-2/i;;;1D;;;. The number of aliphatic carboxylic acids is 1. The molecule has 0 amide bonds. The molecule has 2 saturated heterocycles. The first-order chi connectivity index (χ1) is 53.8. The first-order valence-corrected chi connectivity index (χ1v) is 37.3. The Morgan fingerprint density at radius 2 is 0.719 bits per heavy atom. The minimum Gasteiger partial charge on any atom is -1.00 e. The van der Waals surface area contributed by atoms with Gasteiger partial charge in [0.2, 0.25) is 6.79 Å². The Hall–Kier alpha value is -9.14. The SMILES string of the molecule is C[N+](CCOC(=O)OCCl)(Cc1ccc(-c2ccccc2)cc1)Cc1ccc([N+](=O)[O-])cc1.C[N+](CCOC(=O)OCOC(=O)CCC[N+]1(Cc2ccc([N+](=O)[O-])cc2)CCCCC1)(Cc1ccc(-c2ccccc2)cc1)Cc1ccc([N+](=O)[O-])cc1.O=C([O-])CCC[N+]1(Cc2ccc([N+](=O)[O-])cc2)CCCCC1.[2H]CF.[Br-].[Br-].[Na+]. The van der Waals surface area contributed by atoms with Crippen molar-refractivity contribution in [2.45, 2.75) is 103 Å². The van der Waals surface area contributed by atoms with Crippen LogP contribution in [0.5, 0.6) is 0 Å². The molecule has 2 aliphatic rings. The van der Waals surface area contributed by atoms with Crippen molar-refractivity contribution in [3.05, 3.63) is 280 Å². The summed E-state index contributed by atoms with van der Waals surface area (Å²) in [6, 6.07) is 63.0. The number of carboxylic acids is 1. The Kier molecular flexibility index (Phi) is 42.1.